The first-order chi connectivity index (χ1) is 11.6. The number of aldehydes is 1. The number of hydrogen-bond acceptors (Lipinski definition) is 5. The van der Waals surface area contributed by atoms with Crippen molar-refractivity contribution in [2.45, 2.75) is 25.3 Å². The SMILES string of the molecule is COc1cc2c(OCC3NC(=O)CC34CC4)nccc2cc1C=O. The number of carbonyl (C=O) groups is 2. The van der Waals surface area contributed by atoms with E-state index in [9.17, 15) is 9.59 Å². The molecule has 1 amide bonds. The zero-order valence-electron chi connectivity index (χ0n) is 13.4. The number of hydrogen-bond donors (Lipinski definition) is 1. The molecular weight excluding hydrogens is 308 g/mol. The third kappa shape index (κ3) is 2.38. The zero-order valence-corrected chi connectivity index (χ0v) is 13.4. The van der Waals surface area contributed by atoms with Crippen LogP contribution in [0.15, 0.2) is 24.4 Å². The van der Waals surface area contributed by atoms with Gasteiger partial charge in [-0.25, -0.2) is 4.98 Å². The van der Waals surface area contributed by atoms with Gasteiger partial charge in [-0.3, -0.25) is 9.59 Å². The molecule has 4 rings (SSSR count). The number of pyridine rings is 1. The van der Waals surface area contributed by atoms with Gasteiger partial charge < -0.3 is 14.8 Å². The number of carbonyl (C=O) groups excluding carboxylic acids is 2. The topological polar surface area (TPSA) is 77.5 Å². The first kappa shape index (κ1) is 14.9. The van der Waals surface area contributed by atoms with Crippen molar-refractivity contribution in [2.75, 3.05) is 13.7 Å². The average molecular weight is 326 g/mol. The standard InChI is InChI=1S/C18H18N2O4/c1-23-14-7-13-11(6-12(14)9-21)2-5-19-17(13)24-10-15-18(3-4-18)8-16(22)20-15/h2,5-7,9,15H,3-4,8,10H2,1H3,(H,20,22). The largest absolute Gasteiger partial charge is 0.496 e. The molecule has 2 fully saturated rings. The molecule has 124 valence electrons. The molecule has 6 heteroatoms. The lowest BCUT2D eigenvalue weighted by Crippen LogP contribution is -2.35. The molecule has 1 aliphatic carbocycles. The van der Waals surface area contributed by atoms with E-state index in [1.165, 1.54) is 7.11 Å². The second-order valence-corrected chi connectivity index (χ2v) is 6.52. The van der Waals surface area contributed by atoms with Crippen LogP contribution >= 0.6 is 0 Å². The van der Waals surface area contributed by atoms with Gasteiger partial charge in [0.1, 0.15) is 12.4 Å². The summed E-state index contributed by atoms with van der Waals surface area (Å²) >= 11 is 0. The summed E-state index contributed by atoms with van der Waals surface area (Å²) < 4.78 is 11.2. The summed E-state index contributed by atoms with van der Waals surface area (Å²) in [7, 11) is 1.52. The minimum absolute atomic E-state index is 0.0400. The Balaban J connectivity index is 1.62. The lowest BCUT2D eigenvalue weighted by molar-refractivity contribution is -0.119. The van der Waals surface area contributed by atoms with E-state index in [-0.39, 0.29) is 17.4 Å². The summed E-state index contributed by atoms with van der Waals surface area (Å²) in [5, 5.41) is 4.65. The van der Waals surface area contributed by atoms with Crippen molar-refractivity contribution in [3.05, 3.63) is 30.0 Å². The van der Waals surface area contributed by atoms with Gasteiger partial charge in [0, 0.05) is 23.4 Å². The first-order valence-corrected chi connectivity index (χ1v) is 7.99. The normalized spacial score (nSPS) is 20.9. The number of rotatable bonds is 5. The molecule has 1 saturated carbocycles. The minimum atomic E-state index is 0.0400. The average Bonchev–Trinajstić information content (AvgIpc) is 3.29. The van der Waals surface area contributed by atoms with Crippen LogP contribution in [0.4, 0.5) is 0 Å². The first-order valence-electron chi connectivity index (χ1n) is 7.99. The Labute approximate surface area is 139 Å². The van der Waals surface area contributed by atoms with Gasteiger partial charge in [-0.05, 0) is 36.4 Å². The van der Waals surface area contributed by atoms with Gasteiger partial charge in [0.05, 0.1) is 18.7 Å². The Bertz CT molecular complexity index is 829. The second-order valence-electron chi connectivity index (χ2n) is 6.52. The maximum absolute atomic E-state index is 11.7. The monoisotopic (exact) mass is 326 g/mol. The Kier molecular flexibility index (Phi) is 3.40. The van der Waals surface area contributed by atoms with E-state index in [4.69, 9.17) is 9.47 Å². The maximum Gasteiger partial charge on any atom is 0.221 e. The molecule has 1 N–H and O–H groups in total. The molecule has 0 radical (unpaired) electrons. The van der Waals surface area contributed by atoms with E-state index in [0.717, 1.165) is 29.9 Å². The lowest BCUT2D eigenvalue weighted by atomic mass is 9.98. The van der Waals surface area contributed by atoms with Gasteiger partial charge >= 0.3 is 0 Å². The highest BCUT2D eigenvalue weighted by molar-refractivity contribution is 5.94. The quantitative estimate of drug-likeness (QED) is 0.852. The van der Waals surface area contributed by atoms with Gasteiger partial charge in [0.15, 0.2) is 6.29 Å². The molecule has 2 aromatic rings. The smallest absolute Gasteiger partial charge is 0.221 e. The maximum atomic E-state index is 11.7. The summed E-state index contributed by atoms with van der Waals surface area (Å²) in [5.74, 6) is 1.08. The molecule has 1 atom stereocenters. The summed E-state index contributed by atoms with van der Waals surface area (Å²) in [6.07, 6.45) is 5.15. The van der Waals surface area contributed by atoms with Crippen LogP contribution in [-0.4, -0.2) is 36.9 Å². The lowest BCUT2D eigenvalue weighted by Gasteiger charge is -2.18. The van der Waals surface area contributed by atoms with Crippen LogP contribution in [0.25, 0.3) is 10.8 Å². The van der Waals surface area contributed by atoms with Crippen LogP contribution in [0.2, 0.25) is 0 Å². The van der Waals surface area contributed by atoms with Crippen LogP contribution in [0.1, 0.15) is 29.6 Å². The molecule has 2 aliphatic rings. The fourth-order valence-electron chi connectivity index (χ4n) is 3.48. The Morgan fingerprint density at radius 2 is 2.25 bits per heavy atom. The predicted molar refractivity (Wildman–Crippen MR) is 87.4 cm³/mol. The number of ether oxygens (including phenoxy) is 2. The highest BCUT2D eigenvalue weighted by Crippen LogP contribution is 2.54. The molecule has 6 nitrogen and oxygen atoms in total. The predicted octanol–water partition coefficient (Wildman–Crippen LogP) is 2.10. The zero-order chi connectivity index (χ0) is 16.7. The third-order valence-electron chi connectivity index (χ3n) is 5.07. The second kappa shape index (κ2) is 5.47. The molecule has 0 bridgehead atoms. The molecule has 1 aliphatic heterocycles. The van der Waals surface area contributed by atoms with Crippen LogP contribution in [0, 0.1) is 5.41 Å². The highest BCUT2D eigenvalue weighted by Gasteiger charge is 2.55. The van der Waals surface area contributed by atoms with E-state index in [1.54, 1.807) is 18.3 Å². The van der Waals surface area contributed by atoms with Crippen molar-refractivity contribution < 1.29 is 19.1 Å². The Morgan fingerprint density at radius 3 is 2.96 bits per heavy atom. The van der Waals surface area contributed by atoms with Crippen molar-refractivity contribution in [3.63, 3.8) is 0 Å². The van der Waals surface area contributed by atoms with Crippen LogP contribution in [0.3, 0.4) is 0 Å². The molecule has 1 aromatic carbocycles. The van der Waals surface area contributed by atoms with Gasteiger partial charge in [-0.2, -0.15) is 0 Å². The van der Waals surface area contributed by atoms with Gasteiger partial charge in [0.2, 0.25) is 11.8 Å². The molecule has 24 heavy (non-hydrogen) atoms. The van der Waals surface area contributed by atoms with Crippen molar-refractivity contribution in [1.29, 1.82) is 0 Å². The number of amides is 1. The van der Waals surface area contributed by atoms with Crippen molar-refractivity contribution in [1.82, 2.24) is 10.3 Å². The number of nitrogens with one attached hydrogen (secondary N) is 1. The van der Waals surface area contributed by atoms with Crippen molar-refractivity contribution >= 4 is 23.0 Å². The van der Waals surface area contributed by atoms with Gasteiger partial charge in [0.25, 0.3) is 0 Å². The molecule has 1 spiro atoms. The van der Waals surface area contributed by atoms with Crippen LogP contribution < -0.4 is 14.8 Å². The third-order valence-corrected chi connectivity index (χ3v) is 5.07. The van der Waals surface area contributed by atoms with Crippen LogP contribution in [0.5, 0.6) is 11.6 Å². The molecular formula is C18H18N2O4. The Morgan fingerprint density at radius 1 is 1.42 bits per heavy atom. The molecule has 1 aromatic heterocycles. The van der Waals surface area contributed by atoms with E-state index in [2.05, 4.69) is 10.3 Å². The number of fused-ring (bicyclic) bond motifs is 1. The summed E-state index contributed by atoms with van der Waals surface area (Å²) in [5.41, 5.74) is 0.575. The van der Waals surface area contributed by atoms with Crippen LogP contribution in [-0.2, 0) is 4.79 Å². The van der Waals surface area contributed by atoms with E-state index in [0.29, 0.717) is 30.2 Å². The van der Waals surface area contributed by atoms with E-state index >= 15 is 0 Å². The molecule has 2 heterocycles. The number of nitrogens with zero attached hydrogens (tertiary/aromatic N) is 1. The summed E-state index contributed by atoms with van der Waals surface area (Å²) in [6.45, 7) is 0.398. The number of methoxy groups -OCH3 is 1. The fraction of sp³-hybridized carbons (Fsp3) is 0.389. The summed E-state index contributed by atoms with van der Waals surface area (Å²) in [4.78, 5) is 27.1. The minimum Gasteiger partial charge on any atom is -0.496 e. The Hall–Kier alpha value is -2.63. The van der Waals surface area contributed by atoms with Gasteiger partial charge in [-0.15, -0.1) is 0 Å². The fourth-order valence-corrected chi connectivity index (χ4v) is 3.48. The number of benzene rings is 1. The van der Waals surface area contributed by atoms with E-state index < -0.39 is 0 Å². The summed E-state index contributed by atoms with van der Waals surface area (Å²) in [6, 6.07) is 5.39. The molecule has 1 unspecified atom stereocenters. The van der Waals surface area contributed by atoms with E-state index in [1.807, 2.05) is 6.07 Å². The van der Waals surface area contributed by atoms with Crippen molar-refractivity contribution in [2.24, 2.45) is 5.41 Å². The molecule has 1 saturated heterocycles. The van der Waals surface area contributed by atoms with Crippen molar-refractivity contribution in [3.8, 4) is 11.6 Å². The highest BCUT2D eigenvalue weighted by atomic mass is 16.5. The van der Waals surface area contributed by atoms with Gasteiger partial charge in [-0.1, -0.05) is 0 Å². The number of aromatic nitrogens is 1.